The highest BCUT2D eigenvalue weighted by atomic mass is 32.1. The Morgan fingerprint density at radius 1 is 0.364 bits per heavy atom. The zero-order chi connectivity index (χ0) is 47.1. The molecule has 13 rings (SSSR count). The average Bonchev–Trinajstić information content (AvgIpc) is 4.11. The van der Waals surface area contributed by atoms with Crippen LogP contribution in [-0.2, 0) is 10.8 Å². The average molecular weight is 862 g/mol. The van der Waals surface area contributed by atoms with Gasteiger partial charge in [0.15, 0.2) is 0 Å². The number of fused-ring (bicyclic) bond motifs is 7. The van der Waals surface area contributed by atoms with Gasteiger partial charge < -0.3 is 4.90 Å². The number of para-hydroxylation sites is 1. The fraction of sp³-hybridized carbons (Fsp3) is 0.0312. The molecule has 310 valence electrons. The van der Waals surface area contributed by atoms with Crippen molar-refractivity contribution < 1.29 is 5.48 Å². The zero-order valence-electron chi connectivity index (χ0n) is 39.9. The molecule has 0 amide bonds. The second-order valence-corrected chi connectivity index (χ2v) is 18.2. The van der Waals surface area contributed by atoms with Crippen molar-refractivity contribution in [1.82, 2.24) is 0 Å². The highest BCUT2D eigenvalue weighted by Gasteiger charge is 2.48. The van der Waals surface area contributed by atoms with Gasteiger partial charge in [-0.05, 0) is 126 Å². The summed E-state index contributed by atoms with van der Waals surface area (Å²) in [5.41, 5.74) is 15.4. The van der Waals surface area contributed by atoms with Gasteiger partial charge >= 0.3 is 0 Å². The topological polar surface area (TPSA) is 3.24 Å². The molecule has 0 saturated carbocycles. The van der Waals surface area contributed by atoms with Crippen LogP contribution in [-0.4, -0.2) is 0 Å². The highest BCUT2D eigenvalue weighted by molar-refractivity contribution is 7.17. The number of benzene rings is 10. The fourth-order valence-electron chi connectivity index (χ4n) is 11.3. The van der Waals surface area contributed by atoms with E-state index < -0.39 is 10.8 Å². The minimum absolute atomic E-state index is 0.0907. The van der Waals surface area contributed by atoms with Crippen LogP contribution in [0.15, 0.2) is 260 Å². The summed E-state index contributed by atoms with van der Waals surface area (Å²) in [6, 6.07) is 81.1. The molecule has 0 unspecified atom stereocenters. The predicted molar refractivity (Wildman–Crippen MR) is 277 cm³/mol. The Morgan fingerprint density at radius 3 is 1.47 bits per heavy atom. The molecular weight excluding hydrogens is 815 g/mol. The van der Waals surface area contributed by atoms with Gasteiger partial charge in [0, 0.05) is 21.6 Å². The first-order chi connectivity index (χ1) is 34.4. The Bertz CT molecular complexity index is 3750. The third kappa shape index (κ3) is 5.59. The van der Waals surface area contributed by atoms with Gasteiger partial charge in [0.2, 0.25) is 0 Å². The molecule has 10 aromatic carbocycles. The van der Waals surface area contributed by atoms with E-state index in [2.05, 4.69) is 235 Å². The van der Waals surface area contributed by atoms with Crippen LogP contribution in [0.2, 0.25) is 0 Å². The SMILES string of the molecule is [2H]c1c([2H])c([2H])c(N(c2ccc3c(c2)-c2ccccc2C3(c2ccccc2)c2ccccc2)c2ccc3c(c2)C(c2ccccc2)(c2ccccc2)c2ccccc2-3)c(-c2ccc3ccsc3c2)c1[2H]. The molecule has 66 heavy (non-hydrogen) atoms. The van der Waals surface area contributed by atoms with Crippen molar-refractivity contribution in [3.8, 4) is 33.4 Å². The van der Waals surface area contributed by atoms with Crippen molar-refractivity contribution in [2.24, 2.45) is 0 Å². The smallest absolute Gasteiger partial charge is 0.0714 e. The minimum Gasteiger partial charge on any atom is -0.310 e. The van der Waals surface area contributed by atoms with E-state index in [-0.39, 0.29) is 24.2 Å². The molecule has 1 nitrogen and oxygen atoms in total. The van der Waals surface area contributed by atoms with Gasteiger partial charge in [0.25, 0.3) is 0 Å². The molecule has 0 bridgehead atoms. The zero-order valence-corrected chi connectivity index (χ0v) is 36.7. The van der Waals surface area contributed by atoms with Crippen LogP contribution >= 0.6 is 11.3 Å². The van der Waals surface area contributed by atoms with E-state index in [1.54, 1.807) is 11.3 Å². The lowest BCUT2D eigenvalue weighted by Crippen LogP contribution is -2.29. The third-order valence-corrected chi connectivity index (χ3v) is 14.9. The molecule has 0 radical (unpaired) electrons. The van der Waals surface area contributed by atoms with E-state index in [9.17, 15) is 4.11 Å². The quantitative estimate of drug-likeness (QED) is 0.147. The maximum Gasteiger partial charge on any atom is 0.0714 e. The molecule has 0 aliphatic heterocycles. The van der Waals surface area contributed by atoms with Crippen molar-refractivity contribution in [2.75, 3.05) is 4.90 Å². The first-order valence-electron chi connectivity index (χ1n) is 24.5. The van der Waals surface area contributed by atoms with Crippen LogP contribution in [0.5, 0.6) is 0 Å². The molecule has 2 aliphatic carbocycles. The third-order valence-electron chi connectivity index (χ3n) is 14.0. The summed E-state index contributed by atoms with van der Waals surface area (Å²) in [6.07, 6.45) is 0. The van der Waals surface area contributed by atoms with E-state index in [4.69, 9.17) is 1.37 Å². The minimum atomic E-state index is -0.707. The summed E-state index contributed by atoms with van der Waals surface area (Å²) >= 11 is 1.62. The van der Waals surface area contributed by atoms with Gasteiger partial charge in [-0.25, -0.2) is 0 Å². The van der Waals surface area contributed by atoms with Crippen molar-refractivity contribution >= 4 is 38.5 Å². The van der Waals surface area contributed by atoms with E-state index in [1.807, 2.05) is 6.07 Å². The van der Waals surface area contributed by atoms with Gasteiger partial charge in [0.05, 0.1) is 22.0 Å². The lowest BCUT2D eigenvalue weighted by atomic mass is 9.67. The monoisotopic (exact) mass is 861 g/mol. The first-order valence-corrected chi connectivity index (χ1v) is 23.4. The van der Waals surface area contributed by atoms with Crippen LogP contribution < -0.4 is 4.90 Å². The normalized spacial score (nSPS) is 14.5. The van der Waals surface area contributed by atoms with Crippen molar-refractivity contribution in [3.05, 3.63) is 305 Å². The van der Waals surface area contributed by atoms with Crippen LogP contribution in [0.1, 0.15) is 50.0 Å². The lowest BCUT2D eigenvalue weighted by Gasteiger charge is -2.35. The standard InChI is InChI=1S/C64H43NS/c1-5-19-46(20-6-1)63(47-21-7-2-8-22-47)58-31-17-14-29-54(58)56-42-50(36-38-59(56)63)65(61-32-18-15-27-52(61)45-34-33-44-39-40-66-62(44)41-45)51-35-37-55-53-28-13-16-30-57(53)64(60(55)43-51,48-23-9-3-10-24-48)49-25-11-4-12-26-49/h1-43H/i15D,18D,27D,32D. The summed E-state index contributed by atoms with van der Waals surface area (Å²) in [7, 11) is 0. The van der Waals surface area contributed by atoms with Crippen molar-refractivity contribution in [3.63, 3.8) is 0 Å². The van der Waals surface area contributed by atoms with Gasteiger partial charge in [-0.3, -0.25) is 0 Å². The number of thiophene rings is 1. The van der Waals surface area contributed by atoms with E-state index in [0.717, 1.165) is 82.7 Å². The molecule has 1 aromatic heterocycles. The van der Waals surface area contributed by atoms with E-state index >= 15 is 0 Å². The summed E-state index contributed by atoms with van der Waals surface area (Å²) in [5.74, 6) is 0. The Morgan fingerprint density at radius 2 is 0.848 bits per heavy atom. The Balaban J connectivity index is 1.14. The van der Waals surface area contributed by atoms with Crippen LogP contribution in [0.3, 0.4) is 0 Å². The van der Waals surface area contributed by atoms with Gasteiger partial charge in [-0.1, -0.05) is 212 Å². The number of hydrogen-bond donors (Lipinski definition) is 0. The van der Waals surface area contributed by atoms with E-state index in [1.165, 1.54) is 11.1 Å². The van der Waals surface area contributed by atoms with Crippen molar-refractivity contribution in [1.29, 1.82) is 0 Å². The van der Waals surface area contributed by atoms with Crippen LogP contribution in [0.4, 0.5) is 17.1 Å². The largest absolute Gasteiger partial charge is 0.310 e. The van der Waals surface area contributed by atoms with Gasteiger partial charge in [-0.2, -0.15) is 0 Å². The molecule has 0 spiro atoms. The Kier molecular flexibility index (Phi) is 7.97. The molecule has 0 N–H and O–H groups in total. The molecule has 0 saturated heterocycles. The highest BCUT2D eigenvalue weighted by Crippen LogP contribution is 2.60. The maximum atomic E-state index is 10.0. The molecule has 2 aliphatic rings. The number of anilines is 3. The molecule has 0 atom stereocenters. The Hall–Kier alpha value is -8.04. The van der Waals surface area contributed by atoms with Crippen molar-refractivity contribution in [2.45, 2.75) is 10.8 Å². The second kappa shape index (κ2) is 15.3. The van der Waals surface area contributed by atoms with Gasteiger partial charge in [-0.15, -0.1) is 11.3 Å². The van der Waals surface area contributed by atoms with Crippen LogP contribution in [0.25, 0.3) is 43.5 Å². The molecule has 2 heteroatoms. The van der Waals surface area contributed by atoms with Crippen LogP contribution in [0, 0.1) is 0 Å². The van der Waals surface area contributed by atoms with Gasteiger partial charge in [0.1, 0.15) is 0 Å². The summed E-state index contributed by atoms with van der Waals surface area (Å²) < 4.78 is 39.3. The number of hydrogen-bond acceptors (Lipinski definition) is 2. The second-order valence-electron chi connectivity index (χ2n) is 17.2. The molecule has 1 heterocycles. The molecule has 11 aromatic rings. The lowest BCUT2D eigenvalue weighted by molar-refractivity contribution is 0.768. The molecule has 0 fully saturated rings. The molecular formula is C64H43NS. The summed E-state index contributed by atoms with van der Waals surface area (Å²) in [4.78, 5) is 2.10. The number of nitrogens with zero attached hydrogens (tertiary/aromatic N) is 1. The number of rotatable bonds is 8. The Labute approximate surface area is 395 Å². The maximum absolute atomic E-state index is 10.0. The van der Waals surface area contributed by atoms with E-state index in [0.29, 0.717) is 11.3 Å². The summed E-state index contributed by atoms with van der Waals surface area (Å²) in [5, 5.41) is 3.14. The first kappa shape index (κ1) is 34.4. The fourth-order valence-corrected chi connectivity index (χ4v) is 12.2. The predicted octanol–water partition coefficient (Wildman–Crippen LogP) is 16.8. The summed E-state index contributed by atoms with van der Waals surface area (Å²) in [6.45, 7) is 0.